The molecule has 0 aliphatic heterocycles. The predicted octanol–water partition coefficient (Wildman–Crippen LogP) is 4.54. The fraction of sp³-hybridized carbons (Fsp3) is 0.360. The van der Waals surface area contributed by atoms with Crippen LogP contribution >= 0.6 is 11.3 Å². The van der Waals surface area contributed by atoms with Crippen LogP contribution in [0.15, 0.2) is 23.8 Å². The third-order valence-electron chi connectivity index (χ3n) is 4.72. The van der Waals surface area contributed by atoms with Gasteiger partial charge in [-0.3, -0.25) is 4.79 Å². The lowest BCUT2D eigenvalue weighted by atomic mass is 10.0. The van der Waals surface area contributed by atoms with Gasteiger partial charge in [0, 0.05) is 16.9 Å². The first-order chi connectivity index (χ1) is 16.3. The maximum absolute atomic E-state index is 13.1. The summed E-state index contributed by atoms with van der Waals surface area (Å²) in [4.78, 5) is 38.6. The Labute approximate surface area is 202 Å². The minimum absolute atomic E-state index is 0.132. The van der Waals surface area contributed by atoms with Crippen molar-refractivity contribution in [1.82, 2.24) is 0 Å². The molecule has 0 unspecified atom stereocenters. The second kappa shape index (κ2) is 12.6. The van der Waals surface area contributed by atoms with Crippen molar-refractivity contribution >= 4 is 35.1 Å². The van der Waals surface area contributed by atoms with Gasteiger partial charge >= 0.3 is 11.9 Å². The summed E-state index contributed by atoms with van der Waals surface area (Å²) in [6.07, 6.45) is 1.17. The SMILES string of the molecule is CCOC(=O)c1sc(CC(=O)/C(C#N)=C/c2cccc(OC)c2OCC)c(C(=O)OCC)c1C. The molecule has 1 aromatic carbocycles. The Morgan fingerprint density at radius 1 is 1.06 bits per heavy atom. The molecule has 0 saturated carbocycles. The van der Waals surface area contributed by atoms with E-state index in [9.17, 15) is 19.6 Å². The molecule has 0 spiro atoms. The second-order valence-electron chi connectivity index (χ2n) is 6.88. The van der Waals surface area contributed by atoms with Gasteiger partial charge in [-0.15, -0.1) is 11.3 Å². The normalized spacial score (nSPS) is 10.9. The number of para-hydroxylation sites is 1. The molecular weight excluding hydrogens is 458 g/mol. The number of nitriles is 1. The summed E-state index contributed by atoms with van der Waals surface area (Å²) in [7, 11) is 1.50. The summed E-state index contributed by atoms with van der Waals surface area (Å²) in [5.41, 5.74) is 0.912. The van der Waals surface area contributed by atoms with E-state index in [1.165, 1.54) is 13.2 Å². The highest BCUT2D eigenvalue weighted by molar-refractivity contribution is 7.14. The van der Waals surface area contributed by atoms with Gasteiger partial charge in [-0.2, -0.15) is 5.26 Å². The Hall–Kier alpha value is -3.64. The van der Waals surface area contributed by atoms with Crippen molar-refractivity contribution in [3.63, 3.8) is 0 Å². The van der Waals surface area contributed by atoms with Crippen LogP contribution < -0.4 is 9.47 Å². The number of thiophene rings is 1. The first-order valence-corrected chi connectivity index (χ1v) is 11.6. The molecule has 8 nitrogen and oxygen atoms in total. The zero-order valence-electron chi connectivity index (χ0n) is 19.9. The van der Waals surface area contributed by atoms with Gasteiger partial charge in [0.2, 0.25) is 0 Å². The van der Waals surface area contributed by atoms with Crippen molar-refractivity contribution < 1.29 is 33.3 Å². The number of rotatable bonds is 11. The number of carbonyl (C=O) groups is 3. The molecular formula is C25H27NO7S. The summed E-state index contributed by atoms with van der Waals surface area (Å²) in [5, 5.41) is 9.69. The molecule has 0 atom stereocenters. The molecule has 0 radical (unpaired) electrons. The van der Waals surface area contributed by atoms with Crippen molar-refractivity contribution in [2.75, 3.05) is 26.9 Å². The molecule has 180 valence electrons. The minimum atomic E-state index is -0.636. The van der Waals surface area contributed by atoms with Crippen molar-refractivity contribution in [2.24, 2.45) is 0 Å². The number of nitrogens with zero attached hydrogens (tertiary/aromatic N) is 1. The van der Waals surface area contributed by atoms with Crippen LogP contribution in [0, 0.1) is 18.3 Å². The van der Waals surface area contributed by atoms with Crippen LogP contribution in [-0.2, 0) is 20.7 Å². The molecule has 0 fully saturated rings. The average molecular weight is 486 g/mol. The number of ketones is 1. The Morgan fingerprint density at radius 2 is 1.74 bits per heavy atom. The predicted molar refractivity (Wildman–Crippen MR) is 127 cm³/mol. The van der Waals surface area contributed by atoms with E-state index < -0.39 is 17.7 Å². The first kappa shape index (κ1) is 26.6. The van der Waals surface area contributed by atoms with Crippen molar-refractivity contribution in [3.8, 4) is 17.6 Å². The quantitative estimate of drug-likeness (QED) is 0.259. The molecule has 1 heterocycles. The van der Waals surface area contributed by atoms with Gasteiger partial charge in [-0.1, -0.05) is 12.1 Å². The van der Waals surface area contributed by atoms with Crippen LogP contribution in [0.1, 0.15) is 56.8 Å². The molecule has 9 heteroatoms. The number of Topliss-reactive ketones (excluding diaryl/α,β-unsaturated/α-hetero) is 1. The van der Waals surface area contributed by atoms with E-state index in [0.717, 1.165) is 11.3 Å². The summed E-state index contributed by atoms with van der Waals surface area (Å²) in [6, 6.07) is 7.07. The largest absolute Gasteiger partial charge is 0.493 e. The van der Waals surface area contributed by atoms with Crippen molar-refractivity contribution in [1.29, 1.82) is 5.26 Å². The number of hydrogen-bond acceptors (Lipinski definition) is 9. The number of ether oxygens (including phenoxy) is 4. The molecule has 0 aliphatic rings. The van der Waals surface area contributed by atoms with Crippen LogP contribution in [0.25, 0.3) is 6.08 Å². The lowest BCUT2D eigenvalue weighted by Crippen LogP contribution is -2.12. The standard InChI is InChI=1S/C25H27NO7S/c1-6-31-22-16(10-9-11-19(22)30-5)12-17(14-26)18(27)13-20-21(24(28)32-7-2)15(4)23(34-20)25(29)33-8-3/h9-12H,6-8,13H2,1-5H3/b17-12+. The third-order valence-corrected chi connectivity index (χ3v) is 5.99. The summed E-state index contributed by atoms with van der Waals surface area (Å²) >= 11 is 0.991. The number of carbonyl (C=O) groups excluding carboxylic acids is 3. The van der Waals surface area contributed by atoms with Gasteiger partial charge in [0.05, 0.1) is 38.1 Å². The molecule has 0 saturated heterocycles. The van der Waals surface area contributed by atoms with Gasteiger partial charge in [0.15, 0.2) is 17.3 Å². The van der Waals surface area contributed by atoms with E-state index in [4.69, 9.17) is 18.9 Å². The van der Waals surface area contributed by atoms with Gasteiger partial charge in [-0.05, 0) is 45.4 Å². The highest BCUT2D eigenvalue weighted by Gasteiger charge is 2.28. The van der Waals surface area contributed by atoms with E-state index in [0.29, 0.717) is 34.1 Å². The van der Waals surface area contributed by atoms with E-state index in [1.807, 2.05) is 13.0 Å². The molecule has 0 aliphatic carbocycles. The number of hydrogen-bond donors (Lipinski definition) is 0. The van der Waals surface area contributed by atoms with Crippen LogP contribution in [0.2, 0.25) is 0 Å². The highest BCUT2D eigenvalue weighted by Crippen LogP contribution is 2.34. The lowest BCUT2D eigenvalue weighted by molar-refractivity contribution is -0.114. The summed E-state index contributed by atoms with van der Waals surface area (Å²) in [5.74, 6) is -0.851. The topological polar surface area (TPSA) is 112 Å². The maximum Gasteiger partial charge on any atom is 0.348 e. The Balaban J connectivity index is 2.49. The van der Waals surface area contributed by atoms with Crippen molar-refractivity contribution in [3.05, 3.63) is 50.2 Å². The average Bonchev–Trinajstić information content (AvgIpc) is 3.14. The monoisotopic (exact) mass is 485 g/mol. The number of benzene rings is 1. The van der Waals surface area contributed by atoms with Gasteiger partial charge < -0.3 is 18.9 Å². The zero-order valence-corrected chi connectivity index (χ0v) is 20.7. The highest BCUT2D eigenvalue weighted by atomic mass is 32.1. The summed E-state index contributed by atoms with van der Waals surface area (Å²) < 4.78 is 21.2. The van der Waals surface area contributed by atoms with Crippen molar-refractivity contribution in [2.45, 2.75) is 34.1 Å². The fourth-order valence-corrected chi connectivity index (χ4v) is 4.42. The van der Waals surface area contributed by atoms with Crippen LogP contribution in [-0.4, -0.2) is 44.7 Å². The fourth-order valence-electron chi connectivity index (χ4n) is 3.24. The maximum atomic E-state index is 13.1. The first-order valence-electron chi connectivity index (χ1n) is 10.7. The van der Waals surface area contributed by atoms with E-state index >= 15 is 0 Å². The Kier molecular flexibility index (Phi) is 9.83. The molecule has 2 rings (SSSR count). The number of methoxy groups -OCH3 is 1. The molecule has 0 bridgehead atoms. The van der Waals surface area contributed by atoms with Gasteiger partial charge in [0.25, 0.3) is 0 Å². The Morgan fingerprint density at radius 3 is 2.32 bits per heavy atom. The number of allylic oxidation sites excluding steroid dienone is 1. The Bertz CT molecular complexity index is 1140. The molecule has 0 amide bonds. The minimum Gasteiger partial charge on any atom is -0.493 e. The molecule has 1 aromatic heterocycles. The van der Waals surface area contributed by atoms with Gasteiger partial charge in [-0.25, -0.2) is 9.59 Å². The third kappa shape index (κ3) is 6.02. The zero-order chi connectivity index (χ0) is 25.3. The van der Waals surface area contributed by atoms with Crippen LogP contribution in [0.5, 0.6) is 11.5 Å². The van der Waals surface area contributed by atoms with Crippen LogP contribution in [0.3, 0.4) is 0 Å². The second-order valence-corrected chi connectivity index (χ2v) is 7.98. The lowest BCUT2D eigenvalue weighted by Gasteiger charge is -2.12. The summed E-state index contributed by atoms with van der Waals surface area (Å²) in [6.45, 7) is 7.43. The van der Waals surface area contributed by atoms with Gasteiger partial charge in [0.1, 0.15) is 10.9 Å². The van der Waals surface area contributed by atoms with E-state index in [1.54, 1.807) is 39.0 Å². The molecule has 0 N–H and O–H groups in total. The van der Waals surface area contributed by atoms with E-state index in [2.05, 4.69) is 0 Å². The number of esters is 2. The molecule has 34 heavy (non-hydrogen) atoms. The van der Waals surface area contributed by atoms with Crippen LogP contribution in [0.4, 0.5) is 0 Å². The van der Waals surface area contributed by atoms with E-state index in [-0.39, 0.29) is 35.6 Å². The smallest absolute Gasteiger partial charge is 0.348 e. The molecule has 2 aromatic rings.